The highest BCUT2D eigenvalue weighted by Gasteiger charge is 2.20. The third-order valence-corrected chi connectivity index (χ3v) is 5.06. The highest BCUT2D eigenvalue weighted by Crippen LogP contribution is 2.25. The Hall–Kier alpha value is -3.24. The number of carbonyl (C=O) groups is 2. The first-order chi connectivity index (χ1) is 13.6. The Kier molecular flexibility index (Phi) is 5.04. The molecule has 0 atom stereocenters. The molecule has 2 amide bonds. The number of nitrogens with zero attached hydrogens (tertiary/aromatic N) is 3. The molecule has 1 aromatic carbocycles. The van der Waals surface area contributed by atoms with Crippen LogP contribution in [-0.4, -0.2) is 31.6 Å². The molecule has 0 bridgehead atoms. The molecule has 4 rings (SSSR count). The van der Waals surface area contributed by atoms with E-state index in [1.54, 1.807) is 16.9 Å². The van der Waals surface area contributed by atoms with E-state index >= 15 is 0 Å². The Morgan fingerprint density at radius 3 is 2.54 bits per heavy atom. The van der Waals surface area contributed by atoms with Crippen molar-refractivity contribution in [3.05, 3.63) is 76.1 Å². The second-order valence-corrected chi connectivity index (χ2v) is 7.49. The van der Waals surface area contributed by atoms with E-state index in [0.29, 0.717) is 11.5 Å². The summed E-state index contributed by atoms with van der Waals surface area (Å²) in [5, 5.41) is 6.25. The predicted molar refractivity (Wildman–Crippen MR) is 108 cm³/mol. The van der Waals surface area contributed by atoms with Gasteiger partial charge in [0.25, 0.3) is 5.91 Å². The van der Waals surface area contributed by atoms with E-state index in [1.165, 1.54) is 11.3 Å². The summed E-state index contributed by atoms with van der Waals surface area (Å²) >= 11 is 4.74. The molecule has 0 unspecified atom stereocenters. The van der Waals surface area contributed by atoms with Crippen molar-refractivity contribution >= 4 is 39.1 Å². The van der Waals surface area contributed by atoms with Crippen LogP contribution < -0.4 is 10.9 Å². The highest BCUT2D eigenvalue weighted by atomic mass is 79.9. The molecule has 0 aliphatic carbocycles. The lowest BCUT2D eigenvalue weighted by atomic mass is 10.3. The van der Waals surface area contributed by atoms with Gasteiger partial charge in [-0.05, 0) is 45.6 Å². The van der Waals surface area contributed by atoms with Crippen LogP contribution in [0.2, 0.25) is 0 Å². The summed E-state index contributed by atoms with van der Waals surface area (Å²) in [4.78, 5) is 32.5. The van der Waals surface area contributed by atoms with Crippen molar-refractivity contribution < 1.29 is 9.59 Å². The van der Waals surface area contributed by atoms with Crippen molar-refractivity contribution in [3.8, 4) is 16.4 Å². The molecule has 0 radical (unpaired) electrons. The number of thiophene rings is 1. The summed E-state index contributed by atoms with van der Waals surface area (Å²) < 4.78 is 2.33. The number of hydrogen-bond acceptors (Lipinski definition) is 5. The molecule has 8 nitrogen and oxygen atoms in total. The van der Waals surface area contributed by atoms with Crippen LogP contribution in [-0.2, 0) is 0 Å². The van der Waals surface area contributed by atoms with Crippen LogP contribution in [0, 0.1) is 0 Å². The fraction of sp³-hybridized carbons (Fsp3) is 0. The minimum atomic E-state index is -0.619. The Balaban J connectivity index is 1.57. The van der Waals surface area contributed by atoms with Crippen LogP contribution in [0.4, 0.5) is 0 Å². The molecule has 3 N–H and O–H groups in total. The zero-order valence-electron chi connectivity index (χ0n) is 14.2. The lowest BCUT2D eigenvalue weighted by Crippen LogP contribution is -2.42. The number of nitrogens with one attached hydrogen (secondary N) is 3. The van der Waals surface area contributed by atoms with Gasteiger partial charge in [-0.2, -0.15) is 0 Å². The zero-order valence-corrected chi connectivity index (χ0v) is 16.6. The maximum atomic E-state index is 12.5. The first kappa shape index (κ1) is 18.1. The minimum absolute atomic E-state index is 0.0554. The molecular weight excluding hydrogens is 444 g/mol. The van der Waals surface area contributed by atoms with E-state index in [1.807, 2.05) is 47.8 Å². The van der Waals surface area contributed by atoms with E-state index in [2.05, 4.69) is 41.8 Å². The molecule has 10 heteroatoms. The number of aromatic nitrogens is 4. The monoisotopic (exact) mass is 456 g/mol. The normalized spacial score (nSPS) is 10.6. The molecule has 0 aliphatic rings. The summed E-state index contributed by atoms with van der Waals surface area (Å²) in [6, 6.07) is 14.8. The fourth-order valence-electron chi connectivity index (χ4n) is 2.46. The van der Waals surface area contributed by atoms with E-state index in [0.717, 1.165) is 15.0 Å². The zero-order chi connectivity index (χ0) is 19.5. The van der Waals surface area contributed by atoms with Crippen LogP contribution >= 0.6 is 27.3 Å². The molecule has 140 valence electrons. The first-order valence-corrected chi connectivity index (χ1v) is 9.80. The lowest BCUT2D eigenvalue weighted by molar-refractivity contribution is 0.0838. The van der Waals surface area contributed by atoms with Crippen molar-refractivity contribution in [2.45, 2.75) is 0 Å². The van der Waals surface area contributed by atoms with Crippen molar-refractivity contribution in [2.24, 2.45) is 0 Å². The fourth-order valence-corrected chi connectivity index (χ4v) is 3.50. The van der Waals surface area contributed by atoms with E-state index in [9.17, 15) is 9.59 Å². The number of carbonyl (C=O) groups excluding carboxylic acids is 2. The highest BCUT2D eigenvalue weighted by molar-refractivity contribution is 9.10. The molecule has 0 spiro atoms. The van der Waals surface area contributed by atoms with Crippen LogP contribution in [0.1, 0.15) is 21.1 Å². The Morgan fingerprint density at radius 2 is 1.86 bits per heavy atom. The third kappa shape index (κ3) is 3.73. The van der Waals surface area contributed by atoms with Gasteiger partial charge in [0.05, 0.1) is 10.6 Å². The van der Waals surface area contributed by atoms with Crippen molar-refractivity contribution in [2.75, 3.05) is 0 Å². The van der Waals surface area contributed by atoms with Crippen molar-refractivity contribution in [1.82, 2.24) is 30.6 Å². The second-order valence-electron chi connectivity index (χ2n) is 5.62. The Bertz CT molecular complexity index is 1120. The van der Waals surface area contributed by atoms with Crippen LogP contribution in [0.15, 0.2) is 64.6 Å². The van der Waals surface area contributed by atoms with Gasteiger partial charge in [-0.1, -0.05) is 24.3 Å². The number of rotatable bonds is 4. The topological polar surface area (TPSA) is 105 Å². The first-order valence-electron chi connectivity index (χ1n) is 8.13. The largest absolute Gasteiger partial charge is 0.356 e. The van der Waals surface area contributed by atoms with Crippen LogP contribution in [0.25, 0.3) is 16.4 Å². The van der Waals surface area contributed by atoms with Gasteiger partial charge in [-0.15, -0.1) is 16.4 Å². The van der Waals surface area contributed by atoms with Gasteiger partial charge in [0.2, 0.25) is 5.82 Å². The smallest absolute Gasteiger partial charge is 0.309 e. The molecular formula is C18H13BrN6O2S. The lowest BCUT2D eigenvalue weighted by Gasteiger charge is -2.04. The minimum Gasteiger partial charge on any atom is -0.356 e. The number of aromatic amines is 1. The van der Waals surface area contributed by atoms with Crippen LogP contribution in [0.5, 0.6) is 0 Å². The Labute approximate surface area is 171 Å². The average Bonchev–Trinajstić information content (AvgIpc) is 3.46. The van der Waals surface area contributed by atoms with Gasteiger partial charge >= 0.3 is 5.91 Å². The van der Waals surface area contributed by atoms with Gasteiger partial charge in [-0.25, -0.2) is 9.67 Å². The summed E-state index contributed by atoms with van der Waals surface area (Å²) in [5.41, 5.74) is 5.75. The predicted octanol–water partition coefficient (Wildman–Crippen LogP) is 3.16. The summed E-state index contributed by atoms with van der Waals surface area (Å²) in [7, 11) is 0. The average molecular weight is 457 g/mol. The van der Waals surface area contributed by atoms with Gasteiger partial charge < -0.3 is 4.98 Å². The van der Waals surface area contributed by atoms with E-state index in [-0.39, 0.29) is 5.82 Å². The maximum absolute atomic E-state index is 12.5. The Morgan fingerprint density at radius 1 is 1.07 bits per heavy atom. The standard InChI is InChI=1S/C18H13BrN6O2S/c19-11-9-13(20-10-11)17(26)22-23-18(27)15-21-16(14-7-4-8-28-14)25(24-15)12-5-2-1-3-6-12/h1-10,20H,(H,22,26)(H,23,27). The van der Waals surface area contributed by atoms with Gasteiger partial charge in [-0.3, -0.25) is 20.4 Å². The molecule has 0 saturated carbocycles. The SMILES string of the molecule is O=C(NNC(=O)c1cc(Br)c[nH]1)c1nc(-c2cccs2)n(-c2ccccc2)n1. The summed E-state index contributed by atoms with van der Waals surface area (Å²) in [6.07, 6.45) is 1.62. The second kappa shape index (κ2) is 7.79. The van der Waals surface area contributed by atoms with E-state index < -0.39 is 11.8 Å². The number of amides is 2. The summed E-state index contributed by atoms with van der Waals surface area (Å²) in [5.74, 6) is -0.613. The number of para-hydroxylation sites is 1. The molecule has 0 saturated heterocycles. The van der Waals surface area contributed by atoms with Gasteiger partial charge in [0.15, 0.2) is 5.82 Å². The van der Waals surface area contributed by atoms with Crippen molar-refractivity contribution in [3.63, 3.8) is 0 Å². The number of halogens is 1. The number of hydrogen-bond donors (Lipinski definition) is 3. The molecule has 0 aliphatic heterocycles. The van der Waals surface area contributed by atoms with Crippen molar-refractivity contribution in [1.29, 1.82) is 0 Å². The summed E-state index contributed by atoms with van der Waals surface area (Å²) in [6.45, 7) is 0. The molecule has 0 fully saturated rings. The molecule has 28 heavy (non-hydrogen) atoms. The third-order valence-electron chi connectivity index (χ3n) is 3.73. The van der Waals surface area contributed by atoms with Gasteiger partial charge in [0.1, 0.15) is 5.69 Å². The number of benzene rings is 1. The van der Waals surface area contributed by atoms with E-state index in [4.69, 9.17) is 0 Å². The molecule has 3 heterocycles. The number of hydrazine groups is 1. The van der Waals surface area contributed by atoms with Crippen LogP contribution in [0.3, 0.4) is 0 Å². The maximum Gasteiger partial charge on any atom is 0.309 e. The molecule has 3 aromatic heterocycles. The molecule has 4 aromatic rings. The number of H-pyrrole nitrogens is 1. The van der Waals surface area contributed by atoms with Gasteiger partial charge in [0, 0.05) is 10.7 Å². The quantitative estimate of drug-likeness (QED) is 0.410.